The van der Waals surface area contributed by atoms with Crippen molar-refractivity contribution in [2.24, 2.45) is 5.73 Å². The fraction of sp³-hybridized carbons (Fsp3) is 0.400. The van der Waals surface area contributed by atoms with E-state index in [0.717, 1.165) is 35.9 Å². The lowest BCUT2D eigenvalue weighted by atomic mass is 10.1. The largest absolute Gasteiger partial charge is 0.325 e. The van der Waals surface area contributed by atoms with Crippen molar-refractivity contribution < 1.29 is 4.79 Å². The van der Waals surface area contributed by atoms with Gasteiger partial charge in [0.05, 0.1) is 6.04 Å². The molecule has 0 saturated carbocycles. The predicted octanol–water partition coefficient (Wildman–Crippen LogP) is 1.99. The van der Waals surface area contributed by atoms with Gasteiger partial charge in [0, 0.05) is 24.2 Å². The van der Waals surface area contributed by atoms with E-state index in [9.17, 15) is 4.79 Å². The minimum atomic E-state index is -0.520. The summed E-state index contributed by atoms with van der Waals surface area (Å²) in [4.78, 5) is 11.6. The number of fused-ring (bicyclic) bond motifs is 1. The molecular formula is C15H20ClN5O. The van der Waals surface area contributed by atoms with Gasteiger partial charge in [-0.3, -0.25) is 4.79 Å². The molecule has 7 heteroatoms. The van der Waals surface area contributed by atoms with Crippen LogP contribution in [0.4, 0.5) is 5.69 Å². The number of benzene rings is 1. The molecule has 0 aliphatic carbocycles. The molecule has 0 saturated heterocycles. The third-order valence-corrected chi connectivity index (χ3v) is 3.68. The molecular weight excluding hydrogens is 302 g/mol. The molecule has 1 amide bonds. The van der Waals surface area contributed by atoms with Gasteiger partial charge in [0.15, 0.2) is 5.82 Å². The molecule has 6 nitrogen and oxygen atoms in total. The number of nitrogens with two attached hydrogens (primary N) is 1. The van der Waals surface area contributed by atoms with Crippen LogP contribution in [0.1, 0.15) is 25.6 Å². The average Bonchev–Trinajstić information content (AvgIpc) is 2.92. The first-order valence-electron chi connectivity index (χ1n) is 7.24. The maximum atomic E-state index is 11.6. The lowest BCUT2D eigenvalue weighted by Crippen LogP contribution is -2.32. The molecule has 1 aromatic heterocycles. The van der Waals surface area contributed by atoms with Crippen molar-refractivity contribution in [1.82, 2.24) is 14.8 Å². The number of anilines is 1. The van der Waals surface area contributed by atoms with Gasteiger partial charge in [-0.2, -0.15) is 0 Å². The van der Waals surface area contributed by atoms with E-state index < -0.39 is 6.04 Å². The zero-order chi connectivity index (χ0) is 14.8. The molecule has 1 unspecified atom stereocenters. The summed E-state index contributed by atoms with van der Waals surface area (Å²) in [5.41, 5.74) is 7.28. The number of amides is 1. The molecule has 22 heavy (non-hydrogen) atoms. The zero-order valence-corrected chi connectivity index (χ0v) is 13.3. The Labute approximate surface area is 135 Å². The first kappa shape index (κ1) is 16.5. The van der Waals surface area contributed by atoms with E-state index in [1.54, 1.807) is 6.92 Å². The number of carbonyl (C=O) groups excluding carboxylic acids is 1. The molecule has 118 valence electrons. The van der Waals surface area contributed by atoms with Crippen molar-refractivity contribution in [2.45, 2.75) is 38.8 Å². The number of hydrogen-bond acceptors (Lipinski definition) is 4. The minimum absolute atomic E-state index is 0. The Hall–Kier alpha value is -1.92. The summed E-state index contributed by atoms with van der Waals surface area (Å²) in [6.07, 6.45) is 3.34. The fourth-order valence-corrected chi connectivity index (χ4v) is 2.48. The number of carbonyl (C=O) groups is 1. The van der Waals surface area contributed by atoms with Gasteiger partial charge >= 0.3 is 0 Å². The van der Waals surface area contributed by atoms with Gasteiger partial charge in [0.1, 0.15) is 5.82 Å². The number of hydrogen-bond donors (Lipinski definition) is 2. The van der Waals surface area contributed by atoms with Crippen LogP contribution in [0.2, 0.25) is 0 Å². The molecule has 0 fully saturated rings. The Kier molecular flexibility index (Phi) is 5.15. The number of aromatic nitrogens is 3. The van der Waals surface area contributed by atoms with E-state index in [1.165, 1.54) is 12.8 Å². The molecule has 1 atom stereocenters. The van der Waals surface area contributed by atoms with Crippen molar-refractivity contribution >= 4 is 24.0 Å². The lowest BCUT2D eigenvalue weighted by molar-refractivity contribution is -0.117. The highest BCUT2D eigenvalue weighted by Crippen LogP contribution is 2.24. The van der Waals surface area contributed by atoms with Gasteiger partial charge < -0.3 is 15.6 Å². The first-order chi connectivity index (χ1) is 10.1. The standard InChI is InChI=1S/C15H19N5O.ClH/c1-10(16)15(21)17-12-7-5-11(6-8-12)14-19-18-13-4-2-3-9-20(13)14;/h5-8,10H,2-4,9,16H2,1H3,(H,17,21);1H. The minimum Gasteiger partial charge on any atom is -0.325 e. The quantitative estimate of drug-likeness (QED) is 0.905. The monoisotopic (exact) mass is 321 g/mol. The molecule has 3 rings (SSSR count). The topological polar surface area (TPSA) is 85.8 Å². The van der Waals surface area contributed by atoms with Gasteiger partial charge in [-0.05, 0) is 44.0 Å². The van der Waals surface area contributed by atoms with Crippen LogP contribution in [0.5, 0.6) is 0 Å². The molecule has 0 bridgehead atoms. The van der Waals surface area contributed by atoms with Crippen molar-refractivity contribution in [2.75, 3.05) is 5.32 Å². The van der Waals surface area contributed by atoms with E-state index in [0.29, 0.717) is 0 Å². The van der Waals surface area contributed by atoms with E-state index in [1.807, 2.05) is 24.3 Å². The second kappa shape index (κ2) is 6.89. The van der Waals surface area contributed by atoms with Crippen LogP contribution >= 0.6 is 12.4 Å². The lowest BCUT2D eigenvalue weighted by Gasteiger charge is -2.15. The van der Waals surface area contributed by atoms with Gasteiger partial charge in [-0.1, -0.05) is 0 Å². The Morgan fingerprint density at radius 3 is 2.68 bits per heavy atom. The molecule has 1 aromatic carbocycles. The first-order valence-corrected chi connectivity index (χ1v) is 7.24. The van der Waals surface area contributed by atoms with Crippen LogP contribution < -0.4 is 11.1 Å². The van der Waals surface area contributed by atoms with Crippen molar-refractivity contribution in [3.05, 3.63) is 30.1 Å². The Morgan fingerprint density at radius 2 is 2.00 bits per heavy atom. The highest BCUT2D eigenvalue weighted by atomic mass is 35.5. The van der Waals surface area contributed by atoms with Gasteiger partial charge in [-0.25, -0.2) is 0 Å². The summed E-state index contributed by atoms with van der Waals surface area (Å²) in [7, 11) is 0. The van der Waals surface area contributed by atoms with Crippen LogP contribution in [0.15, 0.2) is 24.3 Å². The van der Waals surface area contributed by atoms with E-state index in [2.05, 4.69) is 20.1 Å². The van der Waals surface area contributed by atoms with Crippen molar-refractivity contribution in [3.8, 4) is 11.4 Å². The summed E-state index contributed by atoms with van der Waals surface area (Å²) in [5, 5.41) is 11.3. The smallest absolute Gasteiger partial charge is 0.240 e. The SMILES string of the molecule is CC(N)C(=O)Nc1ccc(-c2nnc3n2CCCC3)cc1.Cl. The van der Waals surface area contributed by atoms with E-state index >= 15 is 0 Å². The summed E-state index contributed by atoms with van der Waals surface area (Å²) < 4.78 is 2.18. The van der Waals surface area contributed by atoms with Crippen LogP contribution in [0.25, 0.3) is 11.4 Å². The van der Waals surface area contributed by atoms with E-state index in [-0.39, 0.29) is 18.3 Å². The van der Waals surface area contributed by atoms with Gasteiger partial charge in [-0.15, -0.1) is 22.6 Å². The molecule has 2 heterocycles. The average molecular weight is 322 g/mol. The second-order valence-electron chi connectivity index (χ2n) is 5.40. The highest BCUT2D eigenvalue weighted by Gasteiger charge is 2.16. The normalized spacial score (nSPS) is 14.6. The van der Waals surface area contributed by atoms with Crippen molar-refractivity contribution in [1.29, 1.82) is 0 Å². The second-order valence-corrected chi connectivity index (χ2v) is 5.40. The number of nitrogens with one attached hydrogen (secondary N) is 1. The molecule has 0 spiro atoms. The highest BCUT2D eigenvalue weighted by molar-refractivity contribution is 5.94. The maximum absolute atomic E-state index is 11.6. The maximum Gasteiger partial charge on any atom is 0.240 e. The number of rotatable bonds is 3. The van der Waals surface area contributed by atoms with Crippen LogP contribution in [0.3, 0.4) is 0 Å². The number of halogens is 1. The summed E-state index contributed by atoms with van der Waals surface area (Å²) in [5.74, 6) is 1.77. The molecule has 1 aliphatic rings. The fourth-order valence-electron chi connectivity index (χ4n) is 2.48. The predicted molar refractivity (Wildman–Crippen MR) is 87.9 cm³/mol. The summed E-state index contributed by atoms with van der Waals surface area (Å²) in [6.45, 7) is 2.63. The van der Waals surface area contributed by atoms with E-state index in [4.69, 9.17) is 5.73 Å². The molecule has 0 radical (unpaired) electrons. The molecule has 3 N–H and O–H groups in total. The van der Waals surface area contributed by atoms with Gasteiger partial charge in [0.2, 0.25) is 5.91 Å². The zero-order valence-electron chi connectivity index (χ0n) is 12.5. The Morgan fingerprint density at radius 1 is 1.27 bits per heavy atom. The van der Waals surface area contributed by atoms with Gasteiger partial charge in [0.25, 0.3) is 0 Å². The Balaban J connectivity index is 0.00000176. The van der Waals surface area contributed by atoms with Crippen LogP contribution in [-0.4, -0.2) is 26.7 Å². The summed E-state index contributed by atoms with van der Waals surface area (Å²) in [6, 6.07) is 7.10. The molecule has 1 aliphatic heterocycles. The van der Waals surface area contributed by atoms with Crippen LogP contribution in [0, 0.1) is 0 Å². The van der Waals surface area contributed by atoms with Crippen LogP contribution in [-0.2, 0) is 17.8 Å². The Bertz CT molecular complexity index is 650. The third kappa shape index (κ3) is 3.28. The summed E-state index contributed by atoms with van der Waals surface area (Å²) >= 11 is 0. The van der Waals surface area contributed by atoms with Crippen molar-refractivity contribution in [3.63, 3.8) is 0 Å². The molecule has 2 aromatic rings. The number of nitrogens with zero attached hydrogens (tertiary/aromatic N) is 3. The third-order valence-electron chi connectivity index (χ3n) is 3.68. The number of aryl methyl sites for hydroxylation is 1.